The second-order valence-corrected chi connectivity index (χ2v) is 4.82. The summed E-state index contributed by atoms with van der Waals surface area (Å²) in [5, 5.41) is -0.0319. The highest BCUT2D eigenvalue weighted by Crippen LogP contribution is 2.19. The monoisotopic (exact) mass is 276 g/mol. The molecule has 0 aliphatic heterocycles. The number of hydrogen-bond donors (Lipinski definition) is 0. The maximum Gasteiger partial charge on any atom is 0.193 e. The highest BCUT2D eigenvalue weighted by molar-refractivity contribution is 6.31. The van der Waals surface area contributed by atoms with Crippen LogP contribution in [0.25, 0.3) is 0 Å². The van der Waals surface area contributed by atoms with Crippen molar-refractivity contribution in [2.75, 3.05) is 0 Å². The van der Waals surface area contributed by atoms with Crippen LogP contribution in [0.2, 0.25) is 5.02 Å². The second-order valence-electron chi connectivity index (χ2n) is 4.41. The summed E-state index contributed by atoms with van der Waals surface area (Å²) in [4.78, 5) is 12.3. The third-order valence-corrected chi connectivity index (χ3v) is 3.20. The highest BCUT2D eigenvalue weighted by atomic mass is 35.5. The molecule has 2 aromatic rings. The van der Waals surface area contributed by atoms with Crippen molar-refractivity contribution in [3.8, 4) is 0 Å². The molecule has 3 heteroatoms. The molecule has 2 rings (SSSR count). The summed E-state index contributed by atoms with van der Waals surface area (Å²) in [5.41, 5.74) is 2.13. The number of aryl methyl sites for hydroxylation is 1. The molecule has 0 amide bonds. The average molecular weight is 277 g/mol. The van der Waals surface area contributed by atoms with Gasteiger partial charge in [-0.3, -0.25) is 4.79 Å². The van der Waals surface area contributed by atoms with Gasteiger partial charge in [0.1, 0.15) is 5.82 Å². The molecule has 0 saturated heterocycles. The number of carbonyl (C=O) groups is 1. The Balaban J connectivity index is 2.32. The molecule has 0 radical (unpaired) electrons. The number of rotatable bonds is 4. The summed E-state index contributed by atoms with van der Waals surface area (Å²) in [5.74, 6) is -0.655. The lowest BCUT2D eigenvalue weighted by Crippen LogP contribution is -2.02. The van der Waals surface area contributed by atoms with Crippen LogP contribution >= 0.6 is 11.6 Å². The number of carbonyl (C=O) groups excluding carboxylic acids is 1. The molecule has 0 bridgehead atoms. The van der Waals surface area contributed by atoms with E-state index in [1.165, 1.54) is 18.2 Å². The number of ketones is 1. The number of hydrogen-bond acceptors (Lipinski definition) is 1. The van der Waals surface area contributed by atoms with Crippen LogP contribution in [0.5, 0.6) is 0 Å². The Kier molecular flexibility index (Phi) is 4.33. The van der Waals surface area contributed by atoms with Gasteiger partial charge >= 0.3 is 0 Å². The van der Waals surface area contributed by atoms with E-state index in [0.29, 0.717) is 11.1 Å². The van der Waals surface area contributed by atoms with Gasteiger partial charge in [-0.2, -0.15) is 0 Å². The largest absolute Gasteiger partial charge is 0.289 e. The summed E-state index contributed by atoms with van der Waals surface area (Å²) in [6, 6.07) is 11.5. The van der Waals surface area contributed by atoms with Crippen LogP contribution in [-0.4, -0.2) is 5.78 Å². The van der Waals surface area contributed by atoms with Gasteiger partial charge in [-0.25, -0.2) is 4.39 Å². The molecule has 0 heterocycles. The lowest BCUT2D eigenvalue weighted by molar-refractivity contribution is 0.103. The van der Waals surface area contributed by atoms with Gasteiger partial charge in [0.15, 0.2) is 5.78 Å². The predicted octanol–water partition coefficient (Wildman–Crippen LogP) is 4.66. The van der Waals surface area contributed by atoms with E-state index in [0.717, 1.165) is 18.4 Å². The lowest BCUT2D eigenvalue weighted by Gasteiger charge is -2.05. The van der Waals surface area contributed by atoms with Crippen LogP contribution in [0.1, 0.15) is 34.8 Å². The molecule has 0 saturated carbocycles. The zero-order chi connectivity index (χ0) is 13.8. The molecule has 1 nitrogen and oxygen atoms in total. The quantitative estimate of drug-likeness (QED) is 0.742. The Morgan fingerprint density at radius 2 is 1.89 bits per heavy atom. The highest BCUT2D eigenvalue weighted by Gasteiger charge is 2.11. The summed E-state index contributed by atoms with van der Waals surface area (Å²) in [6.07, 6.45) is 1.96. The average Bonchev–Trinajstić information content (AvgIpc) is 2.42. The van der Waals surface area contributed by atoms with E-state index in [4.69, 9.17) is 11.6 Å². The third kappa shape index (κ3) is 3.21. The Hall–Kier alpha value is -1.67. The molecule has 0 unspecified atom stereocenters. The van der Waals surface area contributed by atoms with E-state index < -0.39 is 5.82 Å². The molecule has 0 spiro atoms. The van der Waals surface area contributed by atoms with E-state index in [-0.39, 0.29) is 10.8 Å². The molecule has 0 atom stereocenters. The van der Waals surface area contributed by atoms with Crippen molar-refractivity contribution in [1.82, 2.24) is 0 Å². The Morgan fingerprint density at radius 1 is 1.16 bits per heavy atom. The summed E-state index contributed by atoms with van der Waals surface area (Å²) < 4.78 is 13.1. The van der Waals surface area contributed by atoms with Gasteiger partial charge in [0.25, 0.3) is 0 Å². The third-order valence-electron chi connectivity index (χ3n) is 2.91. The van der Waals surface area contributed by atoms with Crippen molar-refractivity contribution in [2.45, 2.75) is 19.8 Å². The van der Waals surface area contributed by atoms with E-state index >= 15 is 0 Å². The number of benzene rings is 2. The van der Waals surface area contributed by atoms with Crippen LogP contribution in [0, 0.1) is 5.82 Å². The normalized spacial score (nSPS) is 10.5. The van der Waals surface area contributed by atoms with Gasteiger partial charge in [-0.15, -0.1) is 0 Å². The minimum atomic E-state index is -0.516. The number of halogens is 2. The van der Waals surface area contributed by atoms with E-state index in [2.05, 4.69) is 6.92 Å². The smallest absolute Gasteiger partial charge is 0.193 e. The Morgan fingerprint density at radius 3 is 2.58 bits per heavy atom. The SMILES string of the molecule is CCCc1cccc(C(=O)c2ccc(F)c(Cl)c2)c1. The van der Waals surface area contributed by atoms with Crippen molar-refractivity contribution >= 4 is 17.4 Å². The first-order chi connectivity index (χ1) is 9.11. The lowest BCUT2D eigenvalue weighted by atomic mass is 10.00. The van der Waals surface area contributed by atoms with Crippen molar-refractivity contribution in [3.63, 3.8) is 0 Å². The zero-order valence-electron chi connectivity index (χ0n) is 10.6. The van der Waals surface area contributed by atoms with Crippen molar-refractivity contribution in [3.05, 3.63) is 70.0 Å². The first-order valence-corrected chi connectivity index (χ1v) is 6.58. The minimum Gasteiger partial charge on any atom is -0.289 e. The Labute approximate surface area is 117 Å². The zero-order valence-corrected chi connectivity index (χ0v) is 11.4. The van der Waals surface area contributed by atoms with E-state index in [9.17, 15) is 9.18 Å². The summed E-state index contributed by atoms with van der Waals surface area (Å²) in [6.45, 7) is 2.09. The van der Waals surface area contributed by atoms with E-state index in [1.54, 1.807) is 6.07 Å². The van der Waals surface area contributed by atoms with E-state index in [1.807, 2.05) is 18.2 Å². The molecule has 0 N–H and O–H groups in total. The molecule has 0 fully saturated rings. The van der Waals surface area contributed by atoms with Crippen molar-refractivity contribution in [2.24, 2.45) is 0 Å². The summed E-state index contributed by atoms with van der Waals surface area (Å²) in [7, 11) is 0. The van der Waals surface area contributed by atoms with Crippen LogP contribution < -0.4 is 0 Å². The fourth-order valence-electron chi connectivity index (χ4n) is 1.96. The molecular formula is C16H14ClFO. The first-order valence-electron chi connectivity index (χ1n) is 6.20. The standard InChI is InChI=1S/C16H14ClFO/c1-2-4-11-5-3-6-12(9-11)16(19)13-7-8-15(18)14(17)10-13/h3,5-10H,2,4H2,1H3. The molecule has 0 aliphatic carbocycles. The first kappa shape index (κ1) is 13.8. The summed E-state index contributed by atoms with van der Waals surface area (Å²) >= 11 is 5.70. The second kappa shape index (κ2) is 5.98. The molecule has 98 valence electrons. The van der Waals surface area contributed by atoms with Gasteiger partial charge in [0, 0.05) is 11.1 Å². The van der Waals surface area contributed by atoms with Crippen LogP contribution in [0.3, 0.4) is 0 Å². The predicted molar refractivity (Wildman–Crippen MR) is 75.3 cm³/mol. The van der Waals surface area contributed by atoms with Gasteiger partial charge in [0.2, 0.25) is 0 Å². The van der Waals surface area contributed by atoms with Crippen LogP contribution in [0.4, 0.5) is 4.39 Å². The fourth-order valence-corrected chi connectivity index (χ4v) is 2.14. The maximum atomic E-state index is 13.1. The van der Waals surface area contributed by atoms with Crippen LogP contribution in [-0.2, 0) is 6.42 Å². The van der Waals surface area contributed by atoms with Crippen molar-refractivity contribution in [1.29, 1.82) is 0 Å². The van der Waals surface area contributed by atoms with Gasteiger partial charge in [0.05, 0.1) is 5.02 Å². The Bertz CT molecular complexity index is 607. The molecule has 0 aliphatic rings. The minimum absolute atomic E-state index is 0.0319. The topological polar surface area (TPSA) is 17.1 Å². The van der Waals surface area contributed by atoms with Gasteiger partial charge < -0.3 is 0 Å². The molecule has 0 aromatic heterocycles. The fraction of sp³-hybridized carbons (Fsp3) is 0.188. The van der Waals surface area contributed by atoms with Gasteiger partial charge in [-0.1, -0.05) is 43.1 Å². The molecular weight excluding hydrogens is 263 g/mol. The molecule has 19 heavy (non-hydrogen) atoms. The maximum absolute atomic E-state index is 13.1. The van der Waals surface area contributed by atoms with Crippen molar-refractivity contribution < 1.29 is 9.18 Å². The van der Waals surface area contributed by atoms with Gasteiger partial charge in [-0.05, 0) is 36.2 Å². The van der Waals surface area contributed by atoms with Crippen LogP contribution in [0.15, 0.2) is 42.5 Å². The molecule has 2 aromatic carbocycles.